The number of benzene rings is 11. The molecule has 290 valence electrons. The molecule has 11 aromatic carbocycles. The summed E-state index contributed by atoms with van der Waals surface area (Å²) in [5.74, 6) is 0. The zero-order valence-electron chi connectivity index (χ0n) is 33.9. The predicted molar refractivity (Wildman–Crippen MR) is 263 cm³/mol. The fourth-order valence-electron chi connectivity index (χ4n) is 9.49. The summed E-state index contributed by atoms with van der Waals surface area (Å²) in [6.07, 6.45) is 0. The van der Waals surface area contributed by atoms with E-state index >= 15 is 0 Å². The second-order valence-electron chi connectivity index (χ2n) is 16.0. The quantitative estimate of drug-likeness (QED) is 0.150. The number of hydrogen-bond acceptors (Lipinski definition) is 2. The van der Waals surface area contributed by atoms with Crippen LogP contribution in [0, 0.1) is 0 Å². The fourth-order valence-corrected chi connectivity index (χ4v) is 9.49. The summed E-state index contributed by atoms with van der Waals surface area (Å²) in [5.41, 5.74) is 14.3. The van der Waals surface area contributed by atoms with Crippen molar-refractivity contribution in [2.24, 2.45) is 0 Å². The van der Waals surface area contributed by atoms with Crippen molar-refractivity contribution in [3.05, 3.63) is 237 Å². The molecule has 0 amide bonds. The Bertz CT molecular complexity index is 3610. The lowest BCUT2D eigenvalue weighted by Gasteiger charge is -2.27. The molecule has 2 nitrogen and oxygen atoms in total. The molecule has 0 saturated carbocycles. The molecule has 12 rings (SSSR count). The van der Waals surface area contributed by atoms with Crippen molar-refractivity contribution >= 4 is 71.3 Å². The Morgan fingerprint density at radius 3 is 1.63 bits per heavy atom. The van der Waals surface area contributed by atoms with Crippen molar-refractivity contribution in [1.29, 1.82) is 0 Å². The minimum Gasteiger partial charge on any atom is -0.455 e. The van der Waals surface area contributed by atoms with E-state index in [2.05, 4.69) is 241 Å². The molecular formula is C60H39NO. The third kappa shape index (κ3) is 6.04. The van der Waals surface area contributed by atoms with Gasteiger partial charge in [0.15, 0.2) is 0 Å². The molecule has 1 aromatic heterocycles. The molecule has 62 heavy (non-hydrogen) atoms. The number of fused-ring (bicyclic) bond motifs is 7. The molecule has 0 fully saturated rings. The molecule has 0 aliphatic carbocycles. The van der Waals surface area contributed by atoms with Crippen LogP contribution in [0.15, 0.2) is 241 Å². The molecule has 0 radical (unpaired) electrons. The Labute approximate surface area is 360 Å². The van der Waals surface area contributed by atoms with Crippen LogP contribution in [0.25, 0.3) is 98.8 Å². The summed E-state index contributed by atoms with van der Waals surface area (Å²) in [7, 11) is 0. The average Bonchev–Trinajstić information content (AvgIpc) is 3.75. The van der Waals surface area contributed by atoms with Crippen molar-refractivity contribution in [3.8, 4) is 44.5 Å². The van der Waals surface area contributed by atoms with Gasteiger partial charge in [-0.25, -0.2) is 0 Å². The normalized spacial score (nSPS) is 11.5. The Morgan fingerprint density at radius 2 is 0.855 bits per heavy atom. The van der Waals surface area contributed by atoms with E-state index in [1.54, 1.807) is 0 Å². The first-order chi connectivity index (χ1) is 30.7. The second kappa shape index (κ2) is 14.8. The van der Waals surface area contributed by atoms with Gasteiger partial charge in [-0.15, -0.1) is 0 Å². The minimum absolute atomic E-state index is 0.863. The predicted octanol–water partition coefficient (Wildman–Crippen LogP) is 17.2. The molecule has 0 aliphatic heterocycles. The van der Waals surface area contributed by atoms with Gasteiger partial charge in [0.25, 0.3) is 0 Å². The minimum atomic E-state index is 0.863. The summed E-state index contributed by atoms with van der Waals surface area (Å²) in [6, 6.07) is 85.4. The molecule has 12 aromatic rings. The van der Waals surface area contributed by atoms with E-state index in [4.69, 9.17) is 4.42 Å². The monoisotopic (exact) mass is 789 g/mol. The van der Waals surface area contributed by atoms with Crippen LogP contribution >= 0.6 is 0 Å². The zero-order chi connectivity index (χ0) is 41.0. The Kier molecular flexibility index (Phi) is 8.53. The summed E-state index contributed by atoms with van der Waals surface area (Å²) in [4.78, 5) is 2.41. The zero-order valence-corrected chi connectivity index (χ0v) is 33.9. The van der Waals surface area contributed by atoms with E-state index in [0.717, 1.165) is 61.3 Å². The van der Waals surface area contributed by atoms with Crippen LogP contribution in [0.1, 0.15) is 0 Å². The largest absolute Gasteiger partial charge is 0.455 e. The van der Waals surface area contributed by atoms with Crippen molar-refractivity contribution in [3.63, 3.8) is 0 Å². The molecule has 0 bridgehead atoms. The second-order valence-corrected chi connectivity index (χ2v) is 16.0. The third-order valence-electron chi connectivity index (χ3n) is 12.5. The van der Waals surface area contributed by atoms with E-state index < -0.39 is 0 Å². The molecule has 2 heteroatoms. The van der Waals surface area contributed by atoms with Crippen molar-refractivity contribution < 1.29 is 4.42 Å². The number of nitrogens with zero attached hydrogens (tertiary/aromatic N) is 1. The standard InChI is InChI=1S/C60H39NO/c1-2-14-40(15-3-1)41-28-30-42(31-29-41)43-32-34-47(35-33-43)61(48-20-12-19-45(38-48)56-39-46-17-5-7-22-50(46)51-23-8-9-24-53(51)56)57-37-36-54(52-26-13-18-44-16-4-6-21-49(44)52)60-59(57)55-25-10-11-27-58(55)62-60/h1-39H. The van der Waals surface area contributed by atoms with E-state index in [9.17, 15) is 0 Å². The molecule has 0 unspecified atom stereocenters. The summed E-state index contributed by atoms with van der Waals surface area (Å²) < 4.78 is 6.92. The Hall–Kier alpha value is -8.20. The van der Waals surface area contributed by atoms with Gasteiger partial charge in [-0.2, -0.15) is 0 Å². The Morgan fingerprint density at radius 1 is 0.290 bits per heavy atom. The van der Waals surface area contributed by atoms with Gasteiger partial charge in [-0.1, -0.05) is 188 Å². The van der Waals surface area contributed by atoms with Crippen LogP contribution in [0.4, 0.5) is 17.1 Å². The third-order valence-corrected chi connectivity index (χ3v) is 12.5. The smallest absolute Gasteiger partial charge is 0.145 e. The highest BCUT2D eigenvalue weighted by Crippen LogP contribution is 2.48. The van der Waals surface area contributed by atoms with E-state index in [1.807, 2.05) is 0 Å². The van der Waals surface area contributed by atoms with Gasteiger partial charge in [0.05, 0.1) is 11.1 Å². The van der Waals surface area contributed by atoms with Gasteiger partial charge < -0.3 is 9.32 Å². The topological polar surface area (TPSA) is 16.4 Å². The average molecular weight is 790 g/mol. The molecule has 1 heterocycles. The van der Waals surface area contributed by atoms with E-state index in [1.165, 1.54) is 54.6 Å². The van der Waals surface area contributed by atoms with Gasteiger partial charge in [0.1, 0.15) is 11.2 Å². The first-order valence-electron chi connectivity index (χ1n) is 21.2. The summed E-state index contributed by atoms with van der Waals surface area (Å²) in [5, 5.41) is 9.54. The maximum absolute atomic E-state index is 6.92. The SMILES string of the molecule is c1ccc(-c2ccc(-c3ccc(N(c4cccc(-c5cc6ccccc6c6ccccc56)c4)c4ccc(-c5cccc6ccccc56)c5oc6ccccc6c45)cc3)cc2)cc1. The molecule has 0 N–H and O–H groups in total. The van der Waals surface area contributed by atoms with Crippen molar-refractivity contribution in [2.75, 3.05) is 4.90 Å². The van der Waals surface area contributed by atoms with Crippen LogP contribution in [-0.4, -0.2) is 0 Å². The maximum Gasteiger partial charge on any atom is 0.145 e. The van der Waals surface area contributed by atoms with Gasteiger partial charge in [0, 0.05) is 22.3 Å². The van der Waals surface area contributed by atoms with Crippen LogP contribution in [0.2, 0.25) is 0 Å². The van der Waals surface area contributed by atoms with Gasteiger partial charge >= 0.3 is 0 Å². The number of hydrogen-bond donors (Lipinski definition) is 0. The lowest BCUT2D eigenvalue weighted by Crippen LogP contribution is -2.10. The van der Waals surface area contributed by atoms with Crippen LogP contribution in [0.5, 0.6) is 0 Å². The lowest BCUT2D eigenvalue weighted by atomic mass is 9.93. The first kappa shape index (κ1) is 35.7. The number of para-hydroxylation sites is 1. The van der Waals surface area contributed by atoms with E-state index in [0.29, 0.717) is 0 Å². The van der Waals surface area contributed by atoms with Crippen LogP contribution in [0.3, 0.4) is 0 Å². The highest BCUT2D eigenvalue weighted by molar-refractivity contribution is 6.19. The number of anilines is 3. The molecule has 0 saturated heterocycles. The highest BCUT2D eigenvalue weighted by atomic mass is 16.3. The maximum atomic E-state index is 6.92. The fraction of sp³-hybridized carbons (Fsp3) is 0. The van der Waals surface area contributed by atoms with Crippen LogP contribution in [-0.2, 0) is 0 Å². The number of furan rings is 1. The van der Waals surface area contributed by atoms with Crippen molar-refractivity contribution in [2.45, 2.75) is 0 Å². The van der Waals surface area contributed by atoms with Gasteiger partial charge in [-0.05, 0) is 120 Å². The molecule has 0 aliphatic rings. The molecular weight excluding hydrogens is 751 g/mol. The summed E-state index contributed by atoms with van der Waals surface area (Å²) >= 11 is 0. The molecule has 0 atom stereocenters. The molecule has 0 spiro atoms. The van der Waals surface area contributed by atoms with E-state index in [-0.39, 0.29) is 0 Å². The van der Waals surface area contributed by atoms with Crippen LogP contribution < -0.4 is 4.90 Å². The summed E-state index contributed by atoms with van der Waals surface area (Å²) in [6.45, 7) is 0. The first-order valence-corrected chi connectivity index (χ1v) is 21.2. The lowest BCUT2D eigenvalue weighted by molar-refractivity contribution is 0.670. The van der Waals surface area contributed by atoms with Gasteiger partial charge in [-0.3, -0.25) is 0 Å². The number of rotatable bonds is 7. The Balaban J connectivity index is 1.06. The van der Waals surface area contributed by atoms with Gasteiger partial charge in [0.2, 0.25) is 0 Å². The van der Waals surface area contributed by atoms with Crippen molar-refractivity contribution in [1.82, 2.24) is 0 Å². The highest BCUT2D eigenvalue weighted by Gasteiger charge is 2.23.